The van der Waals surface area contributed by atoms with Crippen molar-refractivity contribution in [2.45, 2.75) is 50.2 Å². The third kappa shape index (κ3) is 4.33. The van der Waals surface area contributed by atoms with Gasteiger partial charge in [0.05, 0.1) is 0 Å². The maximum atomic E-state index is 12.3. The van der Waals surface area contributed by atoms with Gasteiger partial charge in [-0.05, 0) is 37.8 Å². The first-order valence-electron chi connectivity index (χ1n) is 9.84. The van der Waals surface area contributed by atoms with Gasteiger partial charge in [0.15, 0.2) is 0 Å². The highest BCUT2D eigenvalue weighted by Gasteiger charge is 2.33. The Balaban J connectivity index is 1.16. The van der Waals surface area contributed by atoms with Crippen LogP contribution in [0.15, 0.2) is 30.3 Å². The summed E-state index contributed by atoms with van der Waals surface area (Å²) in [5.41, 5.74) is 1.31. The molecule has 136 valence electrons. The number of carbonyl (C=O) groups excluding carboxylic acids is 1. The summed E-state index contributed by atoms with van der Waals surface area (Å²) in [4.78, 5) is 17.2. The Morgan fingerprint density at radius 1 is 1.04 bits per heavy atom. The molecule has 3 saturated heterocycles. The number of nitrogens with zero attached hydrogens (tertiary/aromatic N) is 2. The molecular formula is C20H30N4O. The monoisotopic (exact) mass is 342 g/mol. The predicted octanol–water partition coefficient (Wildman–Crippen LogP) is 1.60. The molecule has 0 spiro atoms. The quantitative estimate of drug-likeness (QED) is 0.853. The first kappa shape index (κ1) is 16.9. The molecule has 25 heavy (non-hydrogen) atoms. The van der Waals surface area contributed by atoms with Gasteiger partial charge in [0, 0.05) is 63.0 Å². The average Bonchev–Trinajstić information content (AvgIpc) is 2.99. The Morgan fingerprint density at radius 3 is 2.40 bits per heavy atom. The Hall–Kier alpha value is -1.59. The summed E-state index contributed by atoms with van der Waals surface area (Å²) in [6.45, 7) is 5.05. The zero-order valence-corrected chi connectivity index (χ0v) is 15.0. The highest BCUT2D eigenvalue weighted by Crippen LogP contribution is 2.26. The maximum absolute atomic E-state index is 12.3. The van der Waals surface area contributed by atoms with E-state index in [9.17, 15) is 4.79 Å². The lowest BCUT2D eigenvalue weighted by Gasteiger charge is -2.36. The number of piperidine rings is 1. The van der Waals surface area contributed by atoms with Gasteiger partial charge in [-0.3, -0.25) is 9.69 Å². The van der Waals surface area contributed by atoms with Gasteiger partial charge in [-0.15, -0.1) is 0 Å². The van der Waals surface area contributed by atoms with Crippen molar-refractivity contribution in [2.75, 3.05) is 37.6 Å². The molecule has 3 heterocycles. The van der Waals surface area contributed by atoms with Gasteiger partial charge in [0.1, 0.15) is 0 Å². The molecule has 0 saturated carbocycles. The predicted molar refractivity (Wildman–Crippen MR) is 101 cm³/mol. The zero-order chi connectivity index (χ0) is 17.1. The first-order chi connectivity index (χ1) is 12.3. The van der Waals surface area contributed by atoms with Crippen LogP contribution in [-0.2, 0) is 4.79 Å². The van der Waals surface area contributed by atoms with Crippen LogP contribution >= 0.6 is 0 Å². The van der Waals surface area contributed by atoms with Gasteiger partial charge >= 0.3 is 0 Å². The lowest BCUT2D eigenvalue weighted by Crippen LogP contribution is -2.49. The van der Waals surface area contributed by atoms with Crippen LogP contribution in [0.4, 0.5) is 5.69 Å². The first-order valence-corrected chi connectivity index (χ1v) is 9.84. The van der Waals surface area contributed by atoms with Crippen molar-refractivity contribution >= 4 is 11.6 Å². The number of para-hydroxylation sites is 1. The van der Waals surface area contributed by atoms with Crippen molar-refractivity contribution in [2.24, 2.45) is 0 Å². The summed E-state index contributed by atoms with van der Waals surface area (Å²) < 4.78 is 0. The fraction of sp³-hybridized carbons (Fsp3) is 0.650. The molecule has 5 heteroatoms. The number of nitrogens with one attached hydrogen (secondary N) is 2. The Kier molecular flexibility index (Phi) is 5.22. The molecule has 3 aliphatic rings. The minimum absolute atomic E-state index is 0.233. The maximum Gasteiger partial charge on any atom is 0.221 e. The molecule has 2 unspecified atom stereocenters. The molecule has 2 N–H and O–H groups in total. The van der Waals surface area contributed by atoms with Gasteiger partial charge in [0.25, 0.3) is 0 Å². The fourth-order valence-electron chi connectivity index (χ4n) is 4.60. The van der Waals surface area contributed by atoms with Gasteiger partial charge in [0.2, 0.25) is 5.91 Å². The number of carbonyl (C=O) groups is 1. The van der Waals surface area contributed by atoms with Gasteiger partial charge < -0.3 is 15.5 Å². The number of hydrogen-bond donors (Lipinski definition) is 2. The van der Waals surface area contributed by atoms with E-state index >= 15 is 0 Å². The van der Waals surface area contributed by atoms with Crippen molar-refractivity contribution in [3.8, 4) is 0 Å². The zero-order valence-electron chi connectivity index (χ0n) is 15.0. The smallest absolute Gasteiger partial charge is 0.221 e. The van der Waals surface area contributed by atoms with Gasteiger partial charge in [-0.2, -0.15) is 0 Å². The van der Waals surface area contributed by atoms with E-state index in [0.717, 1.165) is 45.6 Å². The fourth-order valence-corrected chi connectivity index (χ4v) is 4.60. The topological polar surface area (TPSA) is 47.6 Å². The molecule has 3 fully saturated rings. The van der Waals surface area contributed by atoms with E-state index in [1.54, 1.807) is 0 Å². The van der Waals surface area contributed by atoms with E-state index in [0.29, 0.717) is 24.5 Å². The summed E-state index contributed by atoms with van der Waals surface area (Å²) in [5, 5.41) is 6.91. The Labute approximate surface area is 150 Å². The average molecular weight is 342 g/mol. The van der Waals surface area contributed by atoms with Crippen LogP contribution in [0, 0.1) is 0 Å². The highest BCUT2D eigenvalue weighted by atomic mass is 16.1. The van der Waals surface area contributed by atoms with E-state index in [-0.39, 0.29) is 5.91 Å². The number of hydrogen-bond acceptors (Lipinski definition) is 4. The minimum atomic E-state index is 0.233. The van der Waals surface area contributed by atoms with Crippen LogP contribution in [0.25, 0.3) is 0 Å². The second kappa shape index (κ2) is 7.75. The second-order valence-electron chi connectivity index (χ2n) is 7.79. The van der Waals surface area contributed by atoms with Gasteiger partial charge in [-0.25, -0.2) is 0 Å². The van der Waals surface area contributed by atoms with Crippen LogP contribution < -0.4 is 15.5 Å². The molecule has 5 nitrogen and oxygen atoms in total. The van der Waals surface area contributed by atoms with Crippen molar-refractivity contribution < 1.29 is 4.79 Å². The SMILES string of the molecule is O=C(CCN1CCN(c2ccccc2)CC1)NC1CC2CCC(C1)N2. The van der Waals surface area contributed by atoms with Crippen molar-refractivity contribution in [3.05, 3.63) is 30.3 Å². The molecule has 1 aromatic rings. The molecule has 0 aliphatic carbocycles. The lowest BCUT2D eigenvalue weighted by atomic mass is 10.00. The Bertz CT molecular complexity index is 558. The highest BCUT2D eigenvalue weighted by molar-refractivity contribution is 5.76. The molecule has 0 aromatic heterocycles. The summed E-state index contributed by atoms with van der Waals surface area (Å²) in [7, 11) is 0. The number of fused-ring (bicyclic) bond motifs is 2. The van der Waals surface area contributed by atoms with Crippen molar-refractivity contribution in [1.29, 1.82) is 0 Å². The molecule has 3 aliphatic heterocycles. The third-order valence-electron chi connectivity index (χ3n) is 5.99. The van der Waals surface area contributed by atoms with E-state index in [2.05, 4.69) is 50.8 Å². The number of benzene rings is 1. The van der Waals surface area contributed by atoms with Crippen LogP contribution in [0.5, 0.6) is 0 Å². The van der Waals surface area contributed by atoms with E-state index in [1.807, 2.05) is 0 Å². The standard InChI is InChI=1S/C20H30N4O/c25-20(22-18-14-16-6-7-17(15-18)21-16)8-9-23-10-12-24(13-11-23)19-4-2-1-3-5-19/h1-5,16-18,21H,6-15H2,(H,22,25). The summed E-state index contributed by atoms with van der Waals surface area (Å²) in [5.74, 6) is 0.233. The molecule has 1 aromatic carbocycles. The summed E-state index contributed by atoms with van der Waals surface area (Å²) in [6.07, 6.45) is 5.41. The number of amides is 1. The summed E-state index contributed by atoms with van der Waals surface area (Å²) >= 11 is 0. The summed E-state index contributed by atoms with van der Waals surface area (Å²) in [6, 6.07) is 12.3. The van der Waals surface area contributed by atoms with Crippen LogP contribution in [-0.4, -0.2) is 61.7 Å². The number of piperazine rings is 1. The molecule has 1 amide bonds. The van der Waals surface area contributed by atoms with E-state index < -0.39 is 0 Å². The molecule has 2 bridgehead atoms. The van der Waals surface area contributed by atoms with Crippen LogP contribution in [0.2, 0.25) is 0 Å². The van der Waals surface area contributed by atoms with Gasteiger partial charge in [-0.1, -0.05) is 18.2 Å². The van der Waals surface area contributed by atoms with Crippen molar-refractivity contribution in [1.82, 2.24) is 15.5 Å². The molecule has 2 atom stereocenters. The molecule has 0 radical (unpaired) electrons. The normalized spacial score (nSPS) is 29.6. The van der Waals surface area contributed by atoms with Crippen LogP contribution in [0.1, 0.15) is 32.1 Å². The second-order valence-corrected chi connectivity index (χ2v) is 7.79. The van der Waals surface area contributed by atoms with E-state index in [4.69, 9.17) is 0 Å². The van der Waals surface area contributed by atoms with E-state index in [1.165, 1.54) is 18.5 Å². The molecule has 4 rings (SSSR count). The lowest BCUT2D eigenvalue weighted by molar-refractivity contribution is -0.122. The molecular weight excluding hydrogens is 312 g/mol. The van der Waals surface area contributed by atoms with Crippen LogP contribution in [0.3, 0.4) is 0 Å². The number of rotatable bonds is 5. The third-order valence-corrected chi connectivity index (χ3v) is 5.99. The largest absolute Gasteiger partial charge is 0.369 e. The number of anilines is 1. The van der Waals surface area contributed by atoms with Crippen molar-refractivity contribution in [3.63, 3.8) is 0 Å². The Morgan fingerprint density at radius 2 is 1.72 bits per heavy atom. The minimum Gasteiger partial charge on any atom is -0.369 e.